The first-order chi connectivity index (χ1) is 2.41. The van der Waals surface area contributed by atoms with E-state index >= 15 is 0 Å². The molecule has 0 saturated heterocycles. The van der Waals surface area contributed by atoms with Crippen LogP contribution >= 0.6 is 12.6 Å². The molecule has 0 fully saturated rings. The minimum atomic E-state index is 0. The molecular weight excluding hydrogens is 139 g/mol. The second kappa shape index (κ2) is 15.7. The van der Waals surface area contributed by atoms with Crippen LogP contribution in [-0.4, -0.2) is 33.4 Å². The van der Waals surface area contributed by atoms with E-state index in [0.717, 1.165) is 11.8 Å². The second-order valence-electron chi connectivity index (χ2n) is 0.827. The van der Waals surface area contributed by atoms with Gasteiger partial charge in [-0.05, 0) is 12.2 Å². The smallest absolute Gasteiger partial charge is 0.0222 e. The maximum Gasteiger partial charge on any atom is 0.0222 e. The standard InChI is InChI=1S/C3H7SSi.Al.O/c4-2-1-3-5;;/h4H,1-3H2;;. The van der Waals surface area contributed by atoms with Gasteiger partial charge in [-0.15, -0.1) is 0 Å². The molecule has 0 spiro atoms. The molecule has 0 N–H and O–H groups in total. The topological polar surface area (TPSA) is 28.5 Å². The minimum absolute atomic E-state index is 0. The minimum Gasteiger partial charge on any atom is -0.179 e. The van der Waals surface area contributed by atoms with Gasteiger partial charge in [-0.3, -0.25) is 0 Å². The van der Waals surface area contributed by atoms with E-state index in [-0.39, 0.29) is 22.8 Å². The van der Waals surface area contributed by atoms with Crippen LogP contribution < -0.4 is 0 Å². The average Bonchev–Trinajstić information content (AvgIpc) is 1.41. The van der Waals surface area contributed by atoms with Gasteiger partial charge in [0.25, 0.3) is 0 Å². The zero-order valence-electron chi connectivity index (χ0n) is 4.05. The largest absolute Gasteiger partial charge is 0.179 e. The van der Waals surface area contributed by atoms with E-state index in [1.165, 1.54) is 6.42 Å². The van der Waals surface area contributed by atoms with Crippen molar-refractivity contribution in [2.45, 2.75) is 12.5 Å². The molecule has 0 aromatic heterocycles. The molecule has 0 aliphatic carbocycles. The van der Waals surface area contributed by atoms with E-state index < -0.39 is 0 Å². The van der Waals surface area contributed by atoms with Gasteiger partial charge in [0, 0.05) is 33.1 Å². The molecule has 0 amide bonds. The highest BCUT2D eigenvalue weighted by atomic mass is 32.1. The van der Waals surface area contributed by atoms with Gasteiger partial charge in [-0.1, -0.05) is 6.04 Å². The fourth-order valence-corrected chi connectivity index (χ4v) is 0.712. The van der Waals surface area contributed by atoms with Crippen LogP contribution in [0.5, 0.6) is 0 Å². The Bertz CT molecular complexity index is 22.4. The first-order valence-corrected chi connectivity index (χ1v) is 3.01. The Kier molecular flexibility index (Phi) is 35.3. The van der Waals surface area contributed by atoms with E-state index in [0.29, 0.717) is 0 Å². The van der Waals surface area contributed by atoms with E-state index in [1.807, 2.05) is 0 Å². The lowest BCUT2D eigenvalue weighted by atomic mass is 10.6. The molecule has 38 valence electrons. The maximum atomic E-state index is 3.97. The normalized spacial score (nSPS) is 6.00. The summed E-state index contributed by atoms with van der Waals surface area (Å²) in [6, 6.07) is 1.07. The van der Waals surface area contributed by atoms with Crippen molar-refractivity contribution in [2.75, 3.05) is 5.75 Å². The van der Waals surface area contributed by atoms with Gasteiger partial charge in [0.15, 0.2) is 0 Å². The lowest BCUT2D eigenvalue weighted by Crippen LogP contribution is -1.69. The lowest BCUT2D eigenvalue weighted by molar-refractivity contribution is 0.686. The van der Waals surface area contributed by atoms with Gasteiger partial charge >= 0.3 is 0 Å². The Balaban J connectivity index is -0.0000000800. The third kappa shape index (κ3) is 19.3. The van der Waals surface area contributed by atoms with Crippen molar-refractivity contribution in [3.63, 3.8) is 0 Å². The first kappa shape index (κ1) is 15.7. The predicted octanol–water partition coefficient (Wildman–Crippen LogP) is 0.393. The van der Waals surface area contributed by atoms with Gasteiger partial charge in [0.1, 0.15) is 0 Å². The highest BCUT2D eigenvalue weighted by Crippen LogP contribution is 1.84. The molecule has 0 aliphatic heterocycles. The van der Waals surface area contributed by atoms with Crippen molar-refractivity contribution in [1.82, 2.24) is 0 Å². The molecule has 0 rings (SSSR count). The Morgan fingerprint density at radius 2 is 1.86 bits per heavy atom. The van der Waals surface area contributed by atoms with Gasteiger partial charge in [-0.2, -0.15) is 12.6 Å². The Morgan fingerprint density at radius 3 is 1.86 bits per heavy atom. The third-order valence-corrected chi connectivity index (χ3v) is 1.00. The highest BCUT2D eigenvalue weighted by Gasteiger charge is 1.69. The van der Waals surface area contributed by atoms with Gasteiger partial charge in [0.2, 0.25) is 0 Å². The summed E-state index contributed by atoms with van der Waals surface area (Å²) in [6.45, 7) is 0. The second-order valence-corrected chi connectivity index (χ2v) is 1.77. The summed E-state index contributed by atoms with van der Waals surface area (Å²) in [7, 11) is 3.30. The predicted molar refractivity (Wildman–Crippen MR) is 35.5 cm³/mol. The van der Waals surface area contributed by atoms with Crippen LogP contribution in [0.3, 0.4) is 0 Å². The molecular formula is C3H7AlOSSi. The van der Waals surface area contributed by atoms with E-state index in [9.17, 15) is 0 Å². The summed E-state index contributed by atoms with van der Waals surface area (Å²) < 4.78 is 0. The van der Waals surface area contributed by atoms with Crippen molar-refractivity contribution in [1.29, 1.82) is 0 Å². The molecule has 0 atom stereocenters. The zero-order chi connectivity index (χ0) is 4.12. The van der Waals surface area contributed by atoms with Crippen LogP contribution in [0.1, 0.15) is 6.42 Å². The molecule has 0 unspecified atom stereocenters. The molecule has 0 aromatic rings. The van der Waals surface area contributed by atoms with Crippen LogP contribution in [0, 0.1) is 0 Å². The molecule has 4 heteroatoms. The van der Waals surface area contributed by atoms with Crippen LogP contribution in [0.4, 0.5) is 0 Å². The zero-order valence-corrected chi connectivity index (χ0v) is 7.10. The van der Waals surface area contributed by atoms with Gasteiger partial charge in [0.05, 0.1) is 0 Å². The molecule has 0 heterocycles. The van der Waals surface area contributed by atoms with Crippen molar-refractivity contribution in [3.8, 4) is 0 Å². The van der Waals surface area contributed by atoms with Crippen LogP contribution in [0.25, 0.3) is 0 Å². The summed E-state index contributed by atoms with van der Waals surface area (Å²) >= 11 is 3.97. The molecule has 8 radical (unpaired) electrons. The van der Waals surface area contributed by atoms with Crippen molar-refractivity contribution in [2.24, 2.45) is 0 Å². The number of hydrogen-bond donors (Lipinski definition) is 1. The monoisotopic (exact) mass is 146 g/mol. The van der Waals surface area contributed by atoms with Gasteiger partial charge in [-0.25, -0.2) is 0 Å². The molecule has 7 heavy (non-hydrogen) atoms. The Labute approximate surface area is 64.1 Å². The van der Waals surface area contributed by atoms with Crippen LogP contribution in [-0.2, 0) is 5.48 Å². The summed E-state index contributed by atoms with van der Waals surface area (Å²) in [5.74, 6) is 0.990. The van der Waals surface area contributed by atoms with Crippen LogP contribution in [0.15, 0.2) is 0 Å². The van der Waals surface area contributed by atoms with E-state index in [4.69, 9.17) is 0 Å². The van der Waals surface area contributed by atoms with Crippen molar-refractivity contribution in [3.05, 3.63) is 0 Å². The summed E-state index contributed by atoms with van der Waals surface area (Å²) in [4.78, 5) is 0. The van der Waals surface area contributed by atoms with E-state index in [2.05, 4.69) is 22.9 Å². The fraction of sp³-hybridized carbons (Fsp3) is 1.00. The van der Waals surface area contributed by atoms with Crippen LogP contribution in [0.2, 0.25) is 6.04 Å². The summed E-state index contributed by atoms with van der Waals surface area (Å²) in [5.41, 5.74) is 0. The SMILES string of the molecule is [Al].[O].[Si]CCCS. The lowest BCUT2D eigenvalue weighted by Gasteiger charge is -1.78. The molecule has 0 bridgehead atoms. The maximum absolute atomic E-state index is 3.97. The number of hydrogen-bond acceptors (Lipinski definition) is 1. The quantitative estimate of drug-likeness (QED) is 0.431. The summed E-state index contributed by atoms with van der Waals surface area (Å²) in [5, 5.41) is 0. The van der Waals surface area contributed by atoms with Crippen molar-refractivity contribution < 1.29 is 5.48 Å². The number of thiol groups is 1. The Hall–Kier alpha value is 1.06. The summed E-state index contributed by atoms with van der Waals surface area (Å²) in [6.07, 6.45) is 1.17. The van der Waals surface area contributed by atoms with Gasteiger partial charge < -0.3 is 0 Å². The molecule has 1 nitrogen and oxygen atoms in total. The van der Waals surface area contributed by atoms with Crippen molar-refractivity contribution >= 4 is 40.2 Å². The Morgan fingerprint density at radius 1 is 1.43 bits per heavy atom. The molecule has 0 aliphatic rings. The first-order valence-electron chi connectivity index (χ1n) is 1.67. The fourth-order valence-electron chi connectivity index (χ4n) is 0.0791. The number of rotatable bonds is 2. The van der Waals surface area contributed by atoms with E-state index in [1.54, 1.807) is 0 Å². The highest BCUT2D eigenvalue weighted by molar-refractivity contribution is 7.80. The molecule has 0 aromatic carbocycles. The average molecular weight is 146 g/mol. The third-order valence-electron chi connectivity index (χ3n) is 0.335. The molecule has 0 saturated carbocycles.